The van der Waals surface area contributed by atoms with Gasteiger partial charge >= 0.3 is 0 Å². The molecule has 0 aliphatic heterocycles. The second-order valence-corrected chi connectivity index (χ2v) is 9.57. The van der Waals surface area contributed by atoms with E-state index in [9.17, 15) is 14.7 Å². The molecule has 0 aromatic heterocycles. The molecule has 31 heavy (non-hydrogen) atoms. The Balaban J connectivity index is 1.69. The molecule has 1 fully saturated rings. The van der Waals surface area contributed by atoms with E-state index in [4.69, 9.17) is 0 Å². The van der Waals surface area contributed by atoms with Crippen LogP contribution in [0.2, 0.25) is 0 Å². The Morgan fingerprint density at radius 2 is 2.03 bits per heavy atom. The van der Waals surface area contributed by atoms with Gasteiger partial charge in [0.15, 0.2) is 0 Å². The normalized spacial score (nSPS) is 19.7. The topological polar surface area (TPSA) is 66.4 Å². The van der Waals surface area contributed by atoms with Crippen molar-refractivity contribution in [3.05, 3.63) is 59.7 Å². The van der Waals surface area contributed by atoms with E-state index in [1.165, 1.54) is 5.56 Å². The molecular formula is C27H39NO3. The van der Waals surface area contributed by atoms with Gasteiger partial charge in [-0.25, -0.2) is 0 Å². The second kappa shape index (κ2) is 12.0. The van der Waals surface area contributed by atoms with Gasteiger partial charge in [-0.15, -0.1) is 0 Å². The first-order chi connectivity index (χ1) is 14.7. The quantitative estimate of drug-likeness (QED) is 0.481. The summed E-state index contributed by atoms with van der Waals surface area (Å²) < 4.78 is 0. The number of rotatable bonds is 11. The van der Waals surface area contributed by atoms with Crippen molar-refractivity contribution in [1.29, 1.82) is 0 Å². The molecule has 0 bridgehead atoms. The fourth-order valence-electron chi connectivity index (χ4n) is 4.45. The number of aliphatic hydroxyl groups is 1. The lowest BCUT2D eigenvalue weighted by atomic mass is 9.66. The van der Waals surface area contributed by atoms with E-state index >= 15 is 0 Å². The average Bonchev–Trinajstić information content (AvgIpc) is 2.69. The molecule has 0 heterocycles. The minimum absolute atomic E-state index is 0.0279. The number of Topliss-reactive ketones (excluding diaryl/α,β-unsaturated/α-hetero) is 1. The summed E-state index contributed by atoms with van der Waals surface area (Å²) in [4.78, 5) is 24.3. The highest BCUT2D eigenvalue weighted by molar-refractivity contribution is 5.85. The summed E-state index contributed by atoms with van der Waals surface area (Å²) in [5.74, 6) is 0.731. The van der Waals surface area contributed by atoms with Crippen molar-refractivity contribution in [2.24, 2.45) is 11.3 Å². The maximum atomic E-state index is 12.2. The molecule has 2 N–H and O–H groups in total. The van der Waals surface area contributed by atoms with Crippen molar-refractivity contribution in [1.82, 2.24) is 5.32 Å². The number of carbonyl (C=O) groups excluding carboxylic acids is 2. The zero-order valence-corrected chi connectivity index (χ0v) is 19.5. The number of carbonyl (C=O) groups is 2. The zero-order chi connectivity index (χ0) is 22.9. The summed E-state index contributed by atoms with van der Waals surface area (Å²) in [5, 5.41) is 13.3. The molecule has 2 rings (SSSR count). The number of nitrogens with one attached hydrogen (secondary N) is 1. The van der Waals surface area contributed by atoms with E-state index in [2.05, 4.69) is 25.7 Å². The number of ketones is 1. The molecule has 1 aliphatic carbocycles. The molecule has 170 valence electrons. The van der Waals surface area contributed by atoms with Gasteiger partial charge in [-0.3, -0.25) is 9.59 Å². The van der Waals surface area contributed by atoms with Crippen molar-refractivity contribution in [3.8, 4) is 0 Å². The fourth-order valence-corrected chi connectivity index (χ4v) is 4.45. The molecule has 2 unspecified atom stereocenters. The minimum atomic E-state index is -0.634. The Kier molecular flexibility index (Phi) is 9.70. The first kappa shape index (κ1) is 25.1. The highest BCUT2D eigenvalue weighted by Crippen LogP contribution is 2.41. The Hall–Kier alpha value is -2.20. The van der Waals surface area contributed by atoms with Crippen molar-refractivity contribution in [2.45, 2.75) is 78.2 Å². The molecule has 1 aromatic carbocycles. The summed E-state index contributed by atoms with van der Waals surface area (Å²) in [6.07, 6.45) is 7.26. The van der Waals surface area contributed by atoms with Gasteiger partial charge in [0.05, 0.1) is 6.10 Å². The van der Waals surface area contributed by atoms with Gasteiger partial charge in [0.1, 0.15) is 5.78 Å². The van der Waals surface area contributed by atoms with Crippen LogP contribution in [-0.4, -0.2) is 29.4 Å². The molecule has 4 heteroatoms. The molecule has 1 amide bonds. The predicted molar refractivity (Wildman–Crippen MR) is 127 cm³/mol. The van der Waals surface area contributed by atoms with Gasteiger partial charge in [-0.05, 0) is 56.9 Å². The van der Waals surface area contributed by atoms with Gasteiger partial charge < -0.3 is 10.4 Å². The van der Waals surface area contributed by atoms with Crippen molar-refractivity contribution in [3.63, 3.8) is 0 Å². The van der Waals surface area contributed by atoms with Gasteiger partial charge in [0.2, 0.25) is 5.91 Å². The first-order valence-corrected chi connectivity index (χ1v) is 11.5. The maximum Gasteiger partial charge on any atom is 0.224 e. The highest BCUT2D eigenvalue weighted by Gasteiger charge is 2.38. The molecule has 2 atom stereocenters. The Labute approximate surface area is 187 Å². The van der Waals surface area contributed by atoms with Crippen LogP contribution in [-0.2, 0) is 16.0 Å². The molecule has 4 nitrogen and oxygen atoms in total. The Morgan fingerprint density at radius 1 is 1.32 bits per heavy atom. The van der Waals surface area contributed by atoms with Gasteiger partial charge in [-0.1, -0.05) is 68.0 Å². The van der Waals surface area contributed by atoms with Crippen molar-refractivity contribution in [2.75, 3.05) is 6.54 Å². The lowest BCUT2D eigenvalue weighted by Crippen LogP contribution is -2.36. The zero-order valence-electron chi connectivity index (χ0n) is 19.5. The monoisotopic (exact) mass is 425 g/mol. The van der Waals surface area contributed by atoms with E-state index in [0.29, 0.717) is 31.1 Å². The van der Waals surface area contributed by atoms with E-state index < -0.39 is 6.10 Å². The van der Waals surface area contributed by atoms with E-state index in [1.54, 1.807) is 6.08 Å². The van der Waals surface area contributed by atoms with Crippen LogP contribution in [0.4, 0.5) is 0 Å². The molecule has 0 radical (unpaired) electrons. The maximum absolute atomic E-state index is 12.2. The molecule has 1 saturated carbocycles. The van der Waals surface area contributed by atoms with Crippen LogP contribution >= 0.6 is 0 Å². The van der Waals surface area contributed by atoms with Crippen molar-refractivity contribution < 1.29 is 14.7 Å². The first-order valence-electron chi connectivity index (χ1n) is 11.5. The largest absolute Gasteiger partial charge is 0.389 e. The number of aliphatic hydroxyl groups excluding tert-OH is 1. The van der Waals surface area contributed by atoms with E-state index in [0.717, 1.165) is 43.3 Å². The third-order valence-corrected chi connectivity index (χ3v) is 6.53. The lowest BCUT2D eigenvalue weighted by Gasteiger charge is -2.37. The van der Waals surface area contributed by atoms with E-state index in [1.807, 2.05) is 37.3 Å². The molecule has 1 aromatic rings. The lowest BCUT2D eigenvalue weighted by molar-refractivity contribution is -0.132. The fraction of sp³-hybridized carbons (Fsp3) is 0.556. The van der Waals surface area contributed by atoms with Crippen LogP contribution < -0.4 is 5.32 Å². The second-order valence-electron chi connectivity index (χ2n) is 9.57. The van der Waals surface area contributed by atoms with Crippen LogP contribution in [0.1, 0.15) is 71.3 Å². The van der Waals surface area contributed by atoms with E-state index in [-0.39, 0.29) is 17.7 Å². The van der Waals surface area contributed by atoms with Crippen molar-refractivity contribution >= 4 is 11.7 Å². The third-order valence-electron chi connectivity index (χ3n) is 6.53. The summed E-state index contributed by atoms with van der Waals surface area (Å²) in [7, 11) is 0. The SMILES string of the molecule is C=C(CCC1CCCC(=O)C1(C)C)CC(O)C=C(C)CC(=O)NCCc1ccccc1. The molecule has 0 spiro atoms. The van der Waals surface area contributed by atoms with Crippen LogP contribution in [0.3, 0.4) is 0 Å². The van der Waals surface area contributed by atoms with Crippen LogP contribution in [0.15, 0.2) is 54.1 Å². The standard InChI is InChI=1S/C27H39NO3/c1-20(13-14-23-11-8-12-25(30)27(23,3)4)17-24(29)18-21(2)19-26(31)28-16-15-22-9-6-5-7-10-22/h5-7,9-10,18,23-24,29H,1,8,11-17,19H2,2-4H3,(H,28,31). The molecule has 1 aliphatic rings. The third kappa shape index (κ3) is 8.45. The number of benzene rings is 1. The Morgan fingerprint density at radius 3 is 2.74 bits per heavy atom. The molecular weight excluding hydrogens is 386 g/mol. The van der Waals surface area contributed by atoms with Crippen LogP contribution in [0, 0.1) is 11.3 Å². The van der Waals surface area contributed by atoms with Gasteiger partial charge in [-0.2, -0.15) is 0 Å². The smallest absolute Gasteiger partial charge is 0.224 e. The number of hydrogen-bond donors (Lipinski definition) is 2. The minimum Gasteiger partial charge on any atom is -0.389 e. The summed E-state index contributed by atoms with van der Waals surface area (Å²) in [6, 6.07) is 10.1. The molecule has 0 saturated heterocycles. The summed E-state index contributed by atoms with van der Waals surface area (Å²) in [6.45, 7) is 10.7. The van der Waals surface area contributed by atoms with Crippen LogP contribution in [0.5, 0.6) is 0 Å². The highest BCUT2D eigenvalue weighted by atomic mass is 16.3. The number of amides is 1. The summed E-state index contributed by atoms with van der Waals surface area (Å²) in [5.41, 5.74) is 2.81. The number of hydrogen-bond acceptors (Lipinski definition) is 3. The van der Waals surface area contributed by atoms with Crippen LogP contribution in [0.25, 0.3) is 0 Å². The average molecular weight is 426 g/mol. The Bertz CT molecular complexity index is 779. The van der Waals surface area contributed by atoms with Gasteiger partial charge in [0.25, 0.3) is 0 Å². The summed E-state index contributed by atoms with van der Waals surface area (Å²) >= 11 is 0. The predicted octanol–water partition coefficient (Wildman–Crippen LogP) is 5.16. The van der Waals surface area contributed by atoms with Gasteiger partial charge in [0, 0.05) is 24.8 Å².